The van der Waals surface area contributed by atoms with Crippen LogP contribution in [0.1, 0.15) is 30.0 Å². The first-order valence-electron chi connectivity index (χ1n) is 9.16. The molecule has 0 amide bonds. The molecule has 138 valence electrons. The topological polar surface area (TPSA) is 69.2 Å². The highest BCUT2D eigenvalue weighted by Gasteiger charge is 2.31. The van der Waals surface area contributed by atoms with Crippen LogP contribution in [0.25, 0.3) is 0 Å². The Morgan fingerprint density at radius 3 is 1.85 bits per heavy atom. The van der Waals surface area contributed by atoms with Crippen molar-refractivity contribution < 1.29 is 4.92 Å². The van der Waals surface area contributed by atoms with E-state index in [2.05, 4.69) is 43.3 Å². The molecule has 4 nitrogen and oxygen atoms in total. The molecule has 1 unspecified atom stereocenters. The van der Waals surface area contributed by atoms with Crippen molar-refractivity contribution in [3.8, 4) is 0 Å². The summed E-state index contributed by atoms with van der Waals surface area (Å²) in [4.78, 5) is 10.6. The average molecular weight is 360 g/mol. The van der Waals surface area contributed by atoms with Crippen LogP contribution >= 0.6 is 0 Å². The maximum absolute atomic E-state index is 10.9. The first kappa shape index (κ1) is 18.6. The molecule has 0 aromatic heterocycles. The molecule has 3 aromatic rings. The van der Waals surface area contributed by atoms with Gasteiger partial charge in [-0.2, -0.15) is 0 Å². The van der Waals surface area contributed by atoms with Gasteiger partial charge in [-0.05, 0) is 48.1 Å². The lowest BCUT2D eigenvalue weighted by molar-refractivity contribution is -0.384. The predicted octanol–water partition coefficient (Wildman–Crippen LogP) is 5.31. The highest BCUT2D eigenvalue weighted by molar-refractivity contribution is 5.41. The molecule has 3 aromatic carbocycles. The summed E-state index contributed by atoms with van der Waals surface area (Å²) >= 11 is 0. The molecule has 0 bridgehead atoms. The number of anilines is 1. The molecule has 4 heteroatoms. The van der Waals surface area contributed by atoms with Crippen molar-refractivity contribution in [2.45, 2.75) is 31.6 Å². The van der Waals surface area contributed by atoms with Crippen LogP contribution in [0.2, 0.25) is 0 Å². The zero-order valence-electron chi connectivity index (χ0n) is 15.5. The zero-order valence-corrected chi connectivity index (χ0v) is 15.5. The molecule has 0 fully saturated rings. The summed E-state index contributed by atoms with van der Waals surface area (Å²) in [5.41, 5.74) is 10.2. The molecule has 0 radical (unpaired) electrons. The second-order valence-electron chi connectivity index (χ2n) is 7.02. The molecule has 2 N–H and O–H groups in total. The lowest BCUT2D eigenvalue weighted by Crippen LogP contribution is -2.31. The maximum Gasteiger partial charge on any atom is 0.269 e. The first-order valence-corrected chi connectivity index (χ1v) is 9.16. The highest BCUT2D eigenvalue weighted by atomic mass is 16.6. The van der Waals surface area contributed by atoms with E-state index < -0.39 is 0 Å². The maximum atomic E-state index is 10.9. The smallest absolute Gasteiger partial charge is 0.269 e. The molecule has 27 heavy (non-hydrogen) atoms. The van der Waals surface area contributed by atoms with Crippen LogP contribution in [0.15, 0.2) is 78.9 Å². The fraction of sp³-hybridized carbons (Fsp3) is 0.217. The Bertz CT molecular complexity index is 890. The molecule has 0 aliphatic carbocycles. The van der Waals surface area contributed by atoms with E-state index >= 15 is 0 Å². The van der Waals surface area contributed by atoms with Gasteiger partial charge < -0.3 is 5.73 Å². The summed E-state index contributed by atoms with van der Waals surface area (Å²) in [5.74, 6) is 0. The van der Waals surface area contributed by atoms with Crippen LogP contribution in [0, 0.1) is 10.1 Å². The predicted molar refractivity (Wildman–Crippen MR) is 110 cm³/mol. The monoisotopic (exact) mass is 360 g/mol. The van der Waals surface area contributed by atoms with E-state index in [1.807, 2.05) is 30.3 Å². The van der Waals surface area contributed by atoms with Crippen LogP contribution < -0.4 is 5.73 Å². The van der Waals surface area contributed by atoms with E-state index in [-0.39, 0.29) is 16.0 Å². The third kappa shape index (κ3) is 4.34. The summed E-state index contributed by atoms with van der Waals surface area (Å²) < 4.78 is 0. The van der Waals surface area contributed by atoms with Crippen molar-refractivity contribution >= 4 is 11.4 Å². The molecular formula is C23H24N2O2. The number of nitro groups is 1. The highest BCUT2D eigenvalue weighted by Crippen LogP contribution is 2.36. The number of non-ortho nitro benzene ring substituents is 1. The van der Waals surface area contributed by atoms with Gasteiger partial charge in [-0.1, -0.05) is 61.5 Å². The van der Waals surface area contributed by atoms with Gasteiger partial charge in [0.05, 0.1) is 4.92 Å². The van der Waals surface area contributed by atoms with Gasteiger partial charge in [0.25, 0.3) is 5.69 Å². The standard InChI is InChI=1S/C23H24N2O2/c1-2-23(20-6-4-3-5-7-20,16-18-8-12-21(24)13-9-18)17-19-10-14-22(15-11-19)25(26)27/h3-15H,2,16-17,24H2,1H3. The number of benzene rings is 3. The van der Waals surface area contributed by atoms with Gasteiger partial charge in [0, 0.05) is 23.2 Å². The SMILES string of the molecule is CCC(Cc1ccc(N)cc1)(Cc1ccc([N+](=O)[O-])cc1)c1ccccc1. The quantitative estimate of drug-likeness (QED) is 0.353. The van der Waals surface area contributed by atoms with E-state index in [1.165, 1.54) is 11.1 Å². The molecular weight excluding hydrogens is 336 g/mol. The molecule has 0 saturated heterocycles. The fourth-order valence-electron chi connectivity index (χ4n) is 3.66. The zero-order chi connectivity index (χ0) is 19.3. The number of nitrogens with zero attached hydrogens (tertiary/aromatic N) is 1. The van der Waals surface area contributed by atoms with E-state index in [0.717, 1.165) is 30.5 Å². The van der Waals surface area contributed by atoms with Crippen LogP contribution in [0.4, 0.5) is 11.4 Å². The average Bonchev–Trinajstić information content (AvgIpc) is 2.70. The van der Waals surface area contributed by atoms with Crippen LogP contribution in [0.5, 0.6) is 0 Å². The van der Waals surface area contributed by atoms with Crippen LogP contribution in [0.3, 0.4) is 0 Å². The fourth-order valence-corrected chi connectivity index (χ4v) is 3.66. The van der Waals surface area contributed by atoms with Crippen molar-refractivity contribution in [1.82, 2.24) is 0 Å². The van der Waals surface area contributed by atoms with Gasteiger partial charge in [-0.25, -0.2) is 0 Å². The number of hydrogen-bond acceptors (Lipinski definition) is 3. The van der Waals surface area contributed by atoms with Crippen molar-refractivity contribution in [2.24, 2.45) is 0 Å². The van der Waals surface area contributed by atoms with Crippen molar-refractivity contribution in [3.05, 3.63) is 106 Å². The third-order valence-electron chi connectivity index (χ3n) is 5.27. The minimum Gasteiger partial charge on any atom is -0.399 e. The number of rotatable bonds is 7. The summed E-state index contributed by atoms with van der Waals surface area (Å²) in [5, 5.41) is 10.9. The molecule has 3 rings (SSSR count). The Kier molecular flexibility index (Phi) is 5.55. The molecule has 0 aliphatic heterocycles. The van der Waals surface area contributed by atoms with Gasteiger partial charge in [0.2, 0.25) is 0 Å². The van der Waals surface area contributed by atoms with Crippen molar-refractivity contribution in [1.29, 1.82) is 0 Å². The molecule has 0 saturated carbocycles. The van der Waals surface area contributed by atoms with Crippen molar-refractivity contribution in [2.75, 3.05) is 5.73 Å². The van der Waals surface area contributed by atoms with Crippen LogP contribution in [-0.2, 0) is 18.3 Å². The van der Waals surface area contributed by atoms with E-state index in [4.69, 9.17) is 5.73 Å². The van der Waals surface area contributed by atoms with Crippen LogP contribution in [-0.4, -0.2) is 4.92 Å². The van der Waals surface area contributed by atoms with E-state index in [9.17, 15) is 10.1 Å². The lowest BCUT2D eigenvalue weighted by Gasteiger charge is -2.34. The Balaban J connectivity index is 1.98. The van der Waals surface area contributed by atoms with Gasteiger partial charge in [-0.15, -0.1) is 0 Å². The Labute approximate surface area is 159 Å². The van der Waals surface area contributed by atoms with Crippen molar-refractivity contribution in [3.63, 3.8) is 0 Å². The minimum atomic E-state index is -0.359. The first-order chi connectivity index (χ1) is 13.0. The second kappa shape index (κ2) is 8.04. The number of hydrogen-bond donors (Lipinski definition) is 1. The molecule has 0 spiro atoms. The lowest BCUT2D eigenvalue weighted by atomic mass is 9.69. The van der Waals surface area contributed by atoms with Gasteiger partial charge >= 0.3 is 0 Å². The Morgan fingerprint density at radius 2 is 1.37 bits per heavy atom. The Morgan fingerprint density at radius 1 is 0.852 bits per heavy atom. The number of nitro benzene ring substituents is 1. The summed E-state index contributed by atoms with van der Waals surface area (Å²) in [6, 6.07) is 25.5. The van der Waals surface area contributed by atoms with Gasteiger partial charge in [-0.3, -0.25) is 10.1 Å². The van der Waals surface area contributed by atoms with Gasteiger partial charge in [0.15, 0.2) is 0 Å². The summed E-state index contributed by atoms with van der Waals surface area (Å²) in [7, 11) is 0. The van der Waals surface area contributed by atoms with Gasteiger partial charge in [0.1, 0.15) is 0 Å². The second-order valence-corrected chi connectivity index (χ2v) is 7.02. The largest absolute Gasteiger partial charge is 0.399 e. The van der Waals surface area contributed by atoms with E-state index in [0.29, 0.717) is 0 Å². The number of nitrogen functional groups attached to an aromatic ring is 1. The number of nitrogens with two attached hydrogens (primary N) is 1. The normalized spacial score (nSPS) is 13.1. The Hall–Kier alpha value is -3.14. The minimum absolute atomic E-state index is 0.0898. The molecule has 0 heterocycles. The molecule has 1 atom stereocenters. The van der Waals surface area contributed by atoms with E-state index in [1.54, 1.807) is 12.1 Å². The summed E-state index contributed by atoms with van der Waals surface area (Å²) in [6.07, 6.45) is 2.65. The molecule has 0 aliphatic rings. The summed E-state index contributed by atoms with van der Waals surface area (Å²) in [6.45, 7) is 2.20. The third-order valence-corrected chi connectivity index (χ3v) is 5.27.